The standard InChI is InChI=1S/C21H36N6O2.HI/c1-4-22-21(23-9-8-19-17(2)24-29-18(19)3)27-14-12-25(13-15-27)16-20(28)26-10-6-5-7-11-26;/h4-16H2,1-3H3,(H,22,23);1H. The summed E-state index contributed by atoms with van der Waals surface area (Å²) in [4.78, 5) is 24.0. The van der Waals surface area contributed by atoms with Crippen LogP contribution in [0.5, 0.6) is 0 Å². The summed E-state index contributed by atoms with van der Waals surface area (Å²) >= 11 is 0. The predicted molar refractivity (Wildman–Crippen MR) is 130 cm³/mol. The van der Waals surface area contributed by atoms with Crippen LogP contribution in [0.4, 0.5) is 0 Å². The number of likely N-dealkylation sites (tertiary alicyclic amines) is 1. The van der Waals surface area contributed by atoms with Gasteiger partial charge in [0.05, 0.1) is 12.2 Å². The van der Waals surface area contributed by atoms with E-state index in [1.807, 2.05) is 18.7 Å². The number of guanidine groups is 1. The molecular formula is C21H37IN6O2. The first-order chi connectivity index (χ1) is 14.1. The molecule has 2 aliphatic rings. The number of hydrogen-bond acceptors (Lipinski definition) is 5. The highest BCUT2D eigenvalue weighted by Crippen LogP contribution is 2.13. The molecule has 3 rings (SSSR count). The molecule has 0 aliphatic carbocycles. The molecule has 8 nitrogen and oxygen atoms in total. The molecule has 1 amide bonds. The average Bonchev–Trinajstić information content (AvgIpc) is 3.06. The number of hydrogen-bond donors (Lipinski definition) is 1. The quantitative estimate of drug-likeness (QED) is 0.344. The molecule has 2 saturated heterocycles. The lowest BCUT2D eigenvalue weighted by Crippen LogP contribution is -2.54. The summed E-state index contributed by atoms with van der Waals surface area (Å²) in [5.74, 6) is 2.13. The molecule has 1 aromatic heterocycles. The molecule has 0 aromatic carbocycles. The van der Waals surface area contributed by atoms with Crippen LogP contribution in [-0.2, 0) is 11.2 Å². The first kappa shape index (κ1) is 24.9. The van der Waals surface area contributed by atoms with Crippen LogP contribution in [0.25, 0.3) is 0 Å². The van der Waals surface area contributed by atoms with Gasteiger partial charge in [0.1, 0.15) is 5.76 Å². The normalized spacial score (nSPS) is 18.3. The number of nitrogens with one attached hydrogen (secondary N) is 1. The Morgan fingerprint density at radius 2 is 1.77 bits per heavy atom. The van der Waals surface area contributed by atoms with E-state index < -0.39 is 0 Å². The van der Waals surface area contributed by atoms with E-state index in [9.17, 15) is 4.79 Å². The molecule has 0 saturated carbocycles. The van der Waals surface area contributed by atoms with Crippen molar-refractivity contribution < 1.29 is 9.32 Å². The number of nitrogens with zero attached hydrogens (tertiary/aromatic N) is 5. The van der Waals surface area contributed by atoms with Gasteiger partial charge in [-0.1, -0.05) is 5.16 Å². The maximum atomic E-state index is 12.5. The smallest absolute Gasteiger partial charge is 0.236 e. The van der Waals surface area contributed by atoms with Crippen molar-refractivity contribution in [3.05, 3.63) is 17.0 Å². The zero-order valence-corrected chi connectivity index (χ0v) is 21.0. The van der Waals surface area contributed by atoms with Crippen LogP contribution in [0.3, 0.4) is 0 Å². The zero-order chi connectivity index (χ0) is 20.6. The molecule has 9 heteroatoms. The number of piperidine rings is 1. The van der Waals surface area contributed by atoms with Crippen molar-refractivity contribution in [1.29, 1.82) is 0 Å². The number of aromatic nitrogens is 1. The van der Waals surface area contributed by atoms with Gasteiger partial charge in [-0.3, -0.25) is 14.7 Å². The molecule has 0 radical (unpaired) electrons. The van der Waals surface area contributed by atoms with Crippen molar-refractivity contribution in [3.63, 3.8) is 0 Å². The van der Waals surface area contributed by atoms with E-state index >= 15 is 0 Å². The molecule has 2 fully saturated rings. The minimum Gasteiger partial charge on any atom is -0.361 e. The van der Waals surface area contributed by atoms with Crippen molar-refractivity contribution >= 4 is 35.8 Å². The first-order valence-electron chi connectivity index (χ1n) is 11.0. The topological polar surface area (TPSA) is 77.2 Å². The number of carbonyl (C=O) groups excluding carboxylic acids is 1. The van der Waals surface area contributed by atoms with Crippen LogP contribution >= 0.6 is 24.0 Å². The van der Waals surface area contributed by atoms with Gasteiger partial charge in [-0.05, 0) is 46.5 Å². The highest BCUT2D eigenvalue weighted by atomic mass is 127. The van der Waals surface area contributed by atoms with Crippen LogP contribution in [0.2, 0.25) is 0 Å². The highest BCUT2D eigenvalue weighted by Gasteiger charge is 2.24. The highest BCUT2D eigenvalue weighted by molar-refractivity contribution is 14.0. The Morgan fingerprint density at radius 3 is 2.37 bits per heavy atom. The number of halogens is 1. The molecule has 0 spiro atoms. The lowest BCUT2D eigenvalue weighted by Gasteiger charge is -2.37. The minimum absolute atomic E-state index is 0. The molecule has 30 heavy (non-hydrogen) atoms. The van der Waals surface area contributed by atoms with Crippen molar-refractivity contribution in [2.45, 2.75) is 46.5 Å². The van der Waals surface area contributed by atoms with E-state index in [0.717, 1.165) is 88.1 Å². The second kappa shape index (κ2) is 12.5. The van der Waals surface area contributed by atoms with Gasteiger partial charge in [0.2, 0.25) is 5.91 Å². The third-order valence-electron chi connectivity index (χ3n) is 5.88. The second-order valence-corrected chi connectivity index (χ2v) is 7.99. The van der Waals surface area contributed by atoms with Crippen LogP contribution < -0.4 is 5.32 Å². The Bertz CT molecular complexity index is 674. The Morgan fingerprint density at radius 1 is 1.07 bits per heavy atom. The van der Waals surface area contributed by atoms with E-state index in [1.54, 1.807) is 0 Å². The summed E-state index contributed by atoms with van der Waals surface area (Å²) in [6.07, 6.45) is 4.39. The Labute approximate surface area is 197 Å². The summed E-state index contributed by atoms with van der Waals surface area (Å²) in [7, 11) is 0. The van der Waals surface area contributed by atoms with Crippen molar-refractivity contribution in [2.75, 3.05) is 58.9 Å². The van der Waals surface area contributed by atoms with E-state index in [0.29, 0.717) is 13.1 Å². The van der Waals surface area contributed by atoms with Gasteiger partial charge in [-0.2, -0.15) is 0 Å². The summed E-state index contributed by atoms with van der Waals surface area (Å²) in [6, 6.07) is 0. The maximum absolute atomic E-state index is 12.5. The largest absolute Gasteiger partial charge is 0.361 e. The van der Waals surface area contributed by atoms with Gasteiger partial charge in [-0.25, -0.2) is 0 Å². The van der Waals surface area contributed by atoms with E-state index in [1.165, 1.54) is 6.42 Å². The molecule has 1 aromatic rings. The van der Waals surface area contributed by atoms with E-state index in [4.69, 9.17) is 9.52 Å². The molecule has 0 bridgehead atoms. The summed E-state index contributed by atoms with van der Waals surface area (Å²) < 4.78 is 5.24. The monoisotopic (exact) mass is 532 g/mol. The number of aryl methyl sites for hydroxylation is 2. The lowest BCUT2D eigenvalue weighted by molar-refractivity contribution is -0.133. The van der Waals surface area contributed by atoms with Gasteiger partial charge in [0, 0.05) is 57.9 Å². The number of carbonyl (C=O) groups is 1. The lowest BCUT2D eigenvalue weighted by atomic mass is 10.1. The van der Waals surface area contributed by atoms with Crippen LogP contribution in [0, 0.1) is 13.8 Å². The molecule has 170 valence electrons. The number of aliphatic imine (C=N–C) groups is 1. The number of piperazine rings is 1. The molecule has 3 heterocycles. The first-order valence-corrected chi connectivity index (χ1v) is 11.0. The zero-order valence-electron chi connectivity index (χ0n) is 18.7. The van der Waals surface area contributed by atoms with Crippen LogP contribution in [0.1, 0.15) is 43.2 Å². The van der Waals surface area contributed by atoms with Gasteiger partial charge >= 0.3 is 0 Å². The van der Waals surface area contributed by atoms with Gasteiger partial charge < -0.3 is 19.6 Å². The van der Waals surface area contributed by atoms with E-state index in [2.05, 4.69) is 27.2 Å². The molecule has 0 unspecified atom stereocenters. The molecular weight excluding hydrogens is 495 g/mol. The molecule has 2 aliphatic heterocycles. The predicted octanol–water partition coefficient (Wildman–Crippen LogP) is 2.05. The average molecular weight is 532 g/mol. The van der Waals surface area contributed by atoms with Crippen molar-refractivity contribution in [2.24, 2.45) is 4.99 Å². The van der Waals surface area contributed by atoms with Crippen molar-refractivity contribution in [3.8, 4) is 0 Å². The summed E-state index contributed by atoms with van der Waals surface area (Å²) in [5.41, 5.74) is 2.11. The van der Waals surface area contributed by atoms with E-state index in [-0.39, 0.29) is 29.9 Å². The fourth-order valence-corrected chi connectivity index (χ4v) is 4.11. The third kappa shape index (κ3) is 6.83. The van der Waals surface area contributed by atoms with Crippen molar-refractivity contribution in [1.82, 2.24) is 25.2 Å². The summed E-state index contributed by atoms with van der Waals surface area (Å²) in [5, 5.41) is 7.43. The second-order valence-electron chi connectivity index (χ2n) is 7.99. The molecule has 1 N–H and O–H groups in total. The van der Waals surface area contributed by atoms with Gasteiger partial charge in [-0.15, -0.1) is 24.0 Å². The van der Waals surface area contributed by atoms with Crippen LogP contribution in [-0.4, -0.2) is 90.6 Å². The number of rotatable bonds is 6. The maximum Gasteiger partial charge on any atom is 0.236 e. The fraction of sp³-hybridized carbons (Fsp3) is 0.762. The Hall–Kier alpha value is -1.36. The van der Waals surface area contributed by atoms with Crippen LogP contribution in [0.15, 0.2) is 9.52 Å². The summed E-state index contributed by atoms with van der Waals surface area (Å²) in [6.45, 7) is 13.6. The Kier molecular flexibility index (Phi) is 10.4. The third-order valence-corrected chi connectivity index (χ3v) is 5.88. The van der Waals surface area contributed by atoms with Gasteiger partial charge in [0.25, 0.3) is 0 Å². The fourth-order valence-electron chi connectivity index (χ4n) is 4.11. The number of amides is 1. The minimum atomic E-state index is 0. The molecule has 0 atom stereocenters. The van der Waals surface area contributed by atoms with Gasteiger partial charge in [0.15, 0.2) is 5.96 Å². The Balaban J connectivity index is 0.00000320. The SMILES string of the molecule is CCNC(=NCCc1c(C)noc1C)N1CCN(CC(=O)N2CCCCC2)CC1.I.